The van der Waals surface area contributed by atoms with E-state index in [0.717, 1.165) is 17.7 Å². The van der Waals surface area contributed by atoms with Crippen LogP contribution in [0.5, 0.6) is 0 Å². The minimum absolute atomic E-state index is 0.0740. The van der Waals surface area contributed by atoms with Crippen LogP contribution in [0.1, 0.15) is 54.7 Å². The van der Waals surface area contributed by atoms with E-state index < -0.39 is 0 Å². The van der Waals surface area contributed by atoms with Gasteiger partial charge in [-0.2, -0.15) is 4.98 Å². The molecule has 1 aromatic heterocycles. The molecule has 0 N–H and O–H groups in total. The van der Waals surface area contributed by atoms with Crippen molar-refractivity contribution >= 4 is 11.6 Å². The molecule has 3 aromatic rings. The van der Waals surface area contributed by atoms with Crippen molar-refractivity contribution in [2.75, 3.05) is 11.4 Å². The van der Waals surface area contributed by atoms with Crippen LogP contribution < -0.4 is 4.90 Å². The third kappa shape index (κ3) is 4.09. The molecule has 0 saturated carbocycles. The summed E-state index contributed by atoms with van der Waals surface area (Å²) in [5, 5.41) is 4.15. The normalized spacial score (nSPS) is 16.6. The highest BCUT2D eigenvalue weighted by Crippen LogP contribution is 2.32. The maximum atomic E-state index is 12.6. The standard InChI is InChI=1S/C24H27N3O2/c1-4-5-6-18-8-11-21(12-9-18)27-15-20(14-22(27)28)24-25-23(26-29-24)19-10-7-16(2)17(3)13-19/h7-13,20H,4-6,14-15H2,1-3H3. The van der Waals surface area contributed by atoms with Gasteiger partial charge in [-0.3, -0.25) is 4.79 Å². The quantitative estimate of drug-likeness (QED) is 0.580. The van der Waals surface area contributed by atoms with Crippen molar-refractivity contribution in [3.8, 4) is 11.4 Å². The Labute approximate surface area is 171 Å². The van der Waals surface area contributed by atoms with Crippen molar-refractivity contribution < 1.29 is 9.32 Å². The minimum Gasteiger partial charge on any atom is -0.339 e. The molecule has 5 nitrogen and oxygen atoms in total. The summed E-state index contributed by atoms with van der Waals surface area (Å²) < 4.78 is 5.53. The lowest BCUT2D eigenvalue weighted by molar-refractivity contribution is -0.117. The van der Waals surface area contributed by atoms with Gasteiger partial charge < -0.3 is 9.42 Å². The third-order valence-corrected chi connectivity index (χ3v) is 5.75. The van der Waals surface area contributed by atoms with Gasteiger partial charge in [0.2, 0.25) is 17.6 Å². The molecule has 1 saturated heterocycles. The van der Waals surface area contributed by atoms with Gasteiger partial charge in [-0.25, -0.2) is 0 Å². The van der Waals surface area contributed by atoms with Gasteiger partial charge in [-0.1, -0.05) is 42.8 Å². The number of rotatable bonds is 6. The van der Waals surface area contributed by atoms with E-state index in [-0.39, 0.29) is 11.8 Å². The van der Waals surface area contributed by atoms with Crippen LogP contribution >= 0.6 is 0 Å². The summed E-state index contributed by atoms with van der Waals surface area (Å²) in [6.45, 7) is 6.92. The summed E-state index contributed by atoms with van der Waals surface area (Å²) in [7, 11) is 0. The van der Waals surface area contributed by atoms with Gasteiger partial charge in [0.1, 0.15) is 0 Å². The number of amides is 1. The van der Waals surface area contributed by atoms with Gasteiger partial charge in [0.25, 0.3) is 0 Å². The van der Waals surface area contributed by atoms with Crippen LogP contribution in [-0.2, 0) is 11.2 Å². The molecule has 5 heteroatoms. The molecule has 4 rings (SSSR count). The average Bonchev–Trinajstić information content (AvgIpc) is 3.36. The molecule has 1 amide bonds. The molecule has 0 spiro atoms. The van der Waals surface area contributed by atoms with E-state index in [9.17, 15) is 4.79 Å². The Morgan fingerprint density at radius 3 is 2.62 bits per heavy atom. The third-order valence-electron chi connectivity index (χ3n) is 5.75. The maximum absolute atomic E-state index is 12.6. The van der Waals surface area contributed by atoms with Crippen LogP contribution in [-0.4, -0.2) is 22.6 Å². The van der Waals surface area contributed by atoms with E-state index in [2.05, 4.69) is 55.2 Å². The van der Waals surface area contributed by atoms with Gasteiger partial charge in [-0.15, -0.1) is 0 Å². The maximum Gasteiger partial charge on any atom is 0.232 e. The van der Waals surface area contributed by atoms with E-state index in [0.29, 0.717) is 24.7 Å². The summed E-state index contributed by atoms with van der Waals surface area (Å²) in [6.07, 6.45) is 3.84. The second-order valence-electron chi connectivity index (χ2n) is 7.93. The minimum atomic E-state index is -0.0740. The monoisotopic (exact) mass is 389 g/mol. The molecule has 2 aromatic carbocycles. The van der Waals surface area contributed by atoms with Gasteiger partial charge in [-0.05, 0) is 61.6 Å². The predicted molar refractivity (Wildman–Crippen MR) is 114 cm³/mol. The van der Waals surface area contributed by atoms with Crippen molar-refractivity contribution in [2.45, 2.75) is 52.4 Å². The Bertz CT molecular complexity index is 1010. The van der Waals surface area contributed by atoms with E-state index >= 15 is 0 Å². The molecule has 1 aliphatic heterocycles. The SMILES string of the molecule is CCCCc1ccc(N2CC(c3nc(-c4ccc(C)c(C)c4)no3)CC2=O)cc1. The first-order chi connectivity index (χ1) is 14.0. The molecule has 150 valence electrons. The largest absolute Gasteiger partial charge is 0.339 e. The summed E-state index contributed by atoms with van der Waals surface area (Å²) >= 11 is 0. The molecule has 0 radical (unpaired) electrons. The summed E-state index contributed by atoms with van der Waals surface area (Å²) in [5.74, 6) is 1.14. The average molecular weight is 389 g/mol. The van der Waals surface area contributed by atoms with Crippen LogP contribution in [0.4, 0.5) is 5.69 Å². The first kappa shape index (κ1) is 19.4. The number of nitrogens with zero attached hydrogens (tertiary/aromatic N) is 3. The number of hydrogen-bond donors (Lipinski definition) is 0. The number of carbonyl (C=O) groups is 1. The fourth-order valence-electron chi connectivity index (χ4n) is 3.74. The highest BCUT2D eigenvalue weighted by molar-refractivity contribution is 5.96. The Morgan fingerprint density at radius 2 is 1.90 bits per heavy atom. The van der Waals surface area contributed by atoms with Crippen molar-refractivity contribution in [3.63, 3.8) is 0 Å². The van der Waals surface area contributed by atoms with Crippen LogP contribution in [0.25, 0.3) is 11.4 Å². The molecule has 0 bridgehead atoms. The van der Waals surface area contributed by atoms with Crippen LogP contribution in [0.3, 0.4) is 0 Å². The van der Waals surface area contributed by atoms with Gasteiger partial charge >= 0.3 is 0 Å². The molecular weight excluding hydrogens is 362 g/mol. The first-order valence-electron chi connectivity index (χ1n) is 10.4. The smallest absolute Gasteiger partial charge is 0.232 e. The second-order valence-corrected chi connectivity index (χ2v) is 7.93. The molecule has 1 aliphatic rings. The lowest BCUT2D eigenvalue weighted by atomic mass is 10.1. The Kier molecular flexibility index (Phi) is 5.47. The molecular formula is C24H27N3O2. The van der Waals surface area contributed by atoms with Crippen molar-refractivity contribution in [1.82, 2.24) is 10.1 Å². The van der Waals surface area contributed by atoms with Crippen molar-refractivity contribution in [3.05, 3.63) is 65.0 Å². The number of hydrogen-bond acceptors (Lipinski definition) is 4. The Morgan fingerprint density at radius 1 is 1.10 bits per heavy atom. The van der Waals surface area contributed by atoms with E-state index in [4.69, 9.17) is 4.52 Å². The zero-order valence-electron chi connectivity index (χ0n) is 17.3. The number of aromatic nitrogens is 2. The lowest BCUT2D eigenvalue weighted by Crippen LogP contribution is -2.24. The highest BCUT2D eigenvalue weighted by atomic mass is 16.5. The Balaban J connectivity index is 1.48. The zero-order chi connectivity index (χ0) is 20.4. The molecule has 1 fully saturated rings. The summed E-state index contributed by atoms with van der Waals surface area (Å²) in [5.41, 5.74) is 5.61. The van der Waals surface area contributed by atoms with Crippen molar-refractivity contribution in [2.24, 2.45) is 0 Å². The van der Waals surface area contributed by atoms with Crippen LogP contribution in [0, 0.1) is 13.8 Å². The highest BCUT2D eigenvalue weighted by Gasteiger charge is 2.35. The molecule has 0 aliphatic carbocycles. The topological polar surface area (TPSA) is 59.2 Å². The predicted octanol–water partition coefficient (Wildman–Crippen LogP) is 5.22. The number of carbonyl (C=O) groups excluding carboxylic acids is 1. The van der Waals surface area contributed by atoms with E-state index in [1.807, 2.05) is 23.1 Å². The fraction of sp³-hybridized carbons (Fsp3) is 0.375. The van der Waals surface area contributed by atoms with Crippen molar-refractivity contribution in [1.29, 1.82) is 0 Å². The summed E-state index contributed by atoms with van der Waals surface area (Å²) in [4.78, 5) is 19.0. The number of aryl methyl sites for hydroxylation is 3. The molecule has 1 unspecified atom stereocenters. The molecule has 1 atom stereocenters. The number of benzene rings is 2. The van der Waals surface area contributed by atoms with Gasteiger partial charge in [0, 0.05) is 24.2 Å². The second kappa shape index (κ2) is 8.19. The van der Waals surface area contributed by atoms with Gasteiger partial charge in [0.15, 0.2) is 0 Å². The lowest BCUT2D eigenvalue weighted by Gasteiger charge is -2.16. The first-order valence-corrected chi connectivity index (χ1v) is 10.4. The number of anilines is 1. The molecule has 29 heavy (non-hydrogen) atoms. The van der Waals surface area contributed by atoms with Crippen LogP contribution in [0.15, 0.2) is 47.0 Å². The van der Waals surface area contributed by atoms with E-state index in [1.165, 1.54) is 29.5 Å². The van der Waals surface area contributed by atoms with E-state index in [1.54, 1.807) is 0 Å². The van der Waals surface area contributed by atoms with Gasteiger partial charge in [0.05, 0.1) is 5.92 Å². The number of unbranched alkanes of at least 4 members (excludes halogenated alkanes) is 1. The molecule has 2 heterocycles. The Hall–Kier alpha value is -2.95. The van der Waals surface area contributed by atoms with Crippen LogP contribution in [0.2, 0.25) is 0 Å². The zero-order valence-corrected chi connectivity index (χ0v) is 17.3. The summed E-state index contributed by atoms with van der Waals surface area (Å²) in [6, 6.07) is 14.5. The fourth-order valence-corrected chi connectivity index (χ4v) is 3.74.